The van der Waals surface area contributed by atoms with E-state index in [1.165, 1.54) is 18.1 Å². The summed E-state index contributed by atoms with van der Waals surface area (Å²) in [5.41, 5.74) is 0.323. The Morgan fingerprint density at radius 2 is 2.05 bits per heavy atom. The summed E-state index contributed by atoms with van der Waals surface area (Å²) in [6.07, 6.45) is 1.15. The molecule has 1 amide bonds. The van der Waals surface area contributed by atoms with Gasteiger partial charge in [0.1, 0.15) is 5.82 Å². The number of hydrogen-bond donors (Lipinski definition) is 1. The second-order valence-corrected chi connectivity index (χ2v) is 5.34. The van der Waals surface area contributed by atoms with Crippen LogP contribution < -0.4 is 4.90 Å². The zero-order valence-electron chi connectivity index (χ0n) is 11.5. The number of aromatic nitrogens is 1. The molecule has 0 aliphatic heterocycles. The largest absolute Gasteiger partial charge is 0.452 e. The van der Waals surface area contributed by atoms with Gasteiger partial charge in [0.25, 0.3) is 0 Å². The third-order valence-electron chi connectivity index (χ3n) is 2.89. The van der Waals surface area contributed by atoms with Crippen molar-refractivity contribution in [3.8, 4) is 0 Å². The number of methoxy groups -OCH3 is 1. The van der Waals surface area contributed by atoms with Crippen LogP contribution in [0.1, 0.15) is 20.8 Å². The van der Waals surface area contributed by atoms with Crippen LogP contribution in [0.2, 0.25) is 0 Å². The molecule has 2 rings (SSSR count). The van der Waals surface area contributed by atoms with Crippen molar-refractivity contribution in [2.24, 2.45) is 0 Å². The molecular formula is C14H17FN2O2. The molecule has 2 aromatic rings. The van der Waals surface area contributed by atoms with Crippen molar-refractivity contribution in [1.29, 1.82) is 0 Å². The average Bonchev–Trinajstić information content (AvgIpc) is 2.74. The molecule has 1 N–H and O–H groups in total. The number of halogens is 1. The lowest BCUT2D eigenvalue weighted by Crippen LogP contribution is -2.46. The van der Waals surface area contributed by atoms with Crippen molar-refractivity contribution in [2.45, 2.75) is 26.3 Å². The van der Waals surface area contributed by atoms with Gasteiger partial charge in [0.05, 0.1) is 12.8 Å². The topological polar surface area (TPSA) is 45.3 Å². The van der Waals surface area contributed by atoms with E-state index >= 15 is 0 Å². The Labute approximate surface area is 111 Å². The van der Waals surface area contributed by atoms with E-state index in [0.717, 1.165) is 5.39 Å². The van der Waals surface area contributed by atoms with Crippen molar-refractivity contribution in [3.05, 3.63) is 30.2 Å². The molecule has 0 fully saturated rings. The minimum Gasteiger partial charge on any atom is -0.452 e. The first-order valence-corrected chi connectivity index (χ1v) is 5.99. The lowest BCUT2D eigenvalue weighted by atomic mass is 10.0. The molecule has 0 unspecified atom stereocenters. The van der Waals surface area contributed by atoms with Gasteiger partial charge in [-0.25, -0.2) is 9.18 Å². The third kappa shape index (κ3) is 2.41. The highest BCUT2D eigenvalue weighted by atomic mass is 19.1. The zero-order chi connectivity index (χ0) is 14.2. The first-order valence-electron chi connectivity index (χ1n) is 5.99. The predicted molar refractivity (Wildman–Crippen MR) is 72.9 cm³/mol. The molecule has 0 atom stereocenters. The van der Waals surface area contributed by atoms with Crippen LogP contribution in [0, 0.1) is 5.82 Å². The number of fused-ring (bicyclic) bond motifs is 1. The van der Waals surface area contributed by atoms with E-state index in [1.54, 1.807) is 12.3 Å². The summed E-state index contributed by atoms with van der Waals surface area (Å²) < 4.78 is 19.0. The molecule has 1 aromatic carbocycles. The van der Waals surface area contributed by atoms with E-state index in [0.29, 0.717) is 5.52 Å². The highest BCUT2D eigenvalue weighted by Gasteiger charge is 2.31. The number of anilines is 1. The number of rotatable bonds is 1. The van der Waals surface area contributed by atoms with E-state index in [-0.39, 0.29) is 5.69 Å². The minimum atomic E-state index is -0.585. The van der Waals surface area contributed by atoms with Gasteiger partial charge in [0.2, 0.25) is 0 Å². The molecule has 19 heavy (non-hydrogen) atoms. The molecule has 4 nitrogen and oxygen atoms in total. The van der Waals surface area contributed by atoms with E-state index in [4.69, 9.17) is 4.74 Å². The van der Waals surface area contributed by atoms with Crippen molar-refractivity contribution in [3.63, 3.8) is 0 Å². The first-order chi connectivity index (χ1) is 8.84. The summed E-state index contributed by atoms with van der Waals surface area (Å²) in [6.45, 7) is 5.47. The fraction of sp³-hybridized carbons (Fsp3) is 0.357. The molecule has 0 saturated heterocycles. The maximum atomic E-state index is 14.2. The molecule has 0 aliphatic carbocycles. The van der Waals surface area contributed by atoms with Gasteiger partial charge >= 0.3 is 6.09 Å². The number of aromatic amines is 1. The maximum Gasteiger partial charge on any atom is 0.414 e. The summed E-state index contributed by atoms with van der Waals surface area (Å²) in [6, 6.07) is 4.85. The molecule has 1 heterocycles. The van der Waals surface area contributed by atoms with Crippen LogP contribution in [0.4, 0.5) is 14.9 Å². The quantitative estimate of drug-likeness (QED) is 0.854. The van der Waals surface area contributed by atoms with Gasteiger partial charge in [-0.3, -0.25) is 4.90 Å². The van der Waals surface area contributed by atoms with Crippen LogP contribution in [-0.2, 0) is 4.74 Å². The fourth-order valence-corrected chi connectivity index (χ4v) is 2.06. The van der Waals surface area contributed by atoms with Crippen molar-refractivity contribution >= 4 is 22.7 Å². The van der Waals surface area contributed by atoms with Crippen molar-refractivity contribution in [1.82, 2.24) is 4.98 Å². The van der Waals surface area contributed by atoms with Crippen LogP contribution in [0.5, 0.6) is 0 Å². The van der Waals surface area contributed by atoms with E-state index < -0.39 is 17.4 Å². The van der Waals surface area contributed by atoms with Crippen LogP contribution in [-0.4, -0.2) is 23.7 Å². The number of hydrogen-bond acceptors (Lipinski definition) is 2. The molecule has 0 aliphatic rings. The monoisotopic (exact) mass is 264 g/mol. The van der Waals surface area contributed by atoms with Crippen molar-refractivity contribution in [2.75, 3.05) is 12.0 Å². The third-order valence-corrected chi connectivity index (χ3v) is 2.89. The Bertz CT molecular complexity index is 613. The molecule has 0 saturated carbocycles. The molecule has 102 valence electrons. The lowest BCUT2D eigenvalue weighted by Gasteiger charge is -2.34. The number of ether oxygens (including phenoxy) is 1. The first kappa shape index (κ1) is 13.4. The highest BCUT2D eigenvalue weighted by Crippen LogP contribution is 2.30. The van der Waals surface area contributed by atoms with Crippen LogP contribution in [0.15, 0.2) is 24.4 Å². The van der Waals surface area contributed by atoms with Crippen LogP contribution in [0.3, 0.4) is 0 Å². The van der Waals surface area contributed by atoms with Gasteiger partial charge in [0, 0.05) is 28.7 Å². The minimum absolute atomic E-state index is 0.214. The SMILES string of the molecule is COC(=O)N(c1cc2cc[nH]c2cc1F)C(C)(C)C. The number of nitrogens with zero attached hydrogens (tertiary/aromatic N) is 1. The molecule has 0 spiro atoms. The van der Waals surface area contributed by atoms with Gasteiger partial charge in [0.15, 0.2) is 0 Å². The van der Waals surface area contributed by atoms with E-state index in [9.17, 15) is 9.18 Å². The summed E-state index contributed by atoms with van der Waals surface area (Å²) in [4.78, 5) is 16.2. The Kier molecular flexibility index (Phi) is 3.22. The van der Waals surface area contributed by atoms with E-state index in [2.05, 4.69) is 4.98 Å². The predicted octanol–water partition coefficient (Wildman–Crippen LogP) is 3.68. The van der Waals surface area contributed by atoms with Crippen LogP contribution in [0.25, 0.3) is 10.9 Å². The van der Waals surface area contributed by atoms with Crippen LogP contribution >= 0.6 is 0 Å². The molecule has 0 radical (unpaired) electrons. The summed E-state index contributed by atoms with van der Waals surface area (Å²) in [7, 11) is 1.29. The summed E-state index contributed by atoms with van der Waals surface area (Å²) in [5.74, 6) is -0.463. The van der Waals surface area contributed by atoms with Gasteiger partial charge in [-0.15, -0.1) is 0 Å². The smallest absolute Gasteiger partial charge is 0.414 e. The number of benzene rings is 1. The standard InChI is InChI=1S/C14H17FN2O2/c1-14(2,3)17(13(18)19-4)12-7-9-5-6-16-11(9)8-10(12)15/h5-8,16H,1-4H3. The number of nitrogens with one attached hydrogen (secondary N) is 1. The maximum absolute atomic E-state index is 14.2. The molecular weight excluding hydrogens is 247 g/mol. The molecule has 0 bridgehead atoms. The second-order valence-electron chi connectivity index (χ2n) is 5.34. The van der Waals surface area contributed by atoms with Gasteiger partial charge in [-0.2, -0.15) is 0 Å². The van der Waals surface area contributed by atoms with Gasteiger partial charge in [-0.1, -0.05) is 0 Å². The molecule has 1 aromatic heterocycles. The number of H-pyrrole nitrogens is 1. The lowest BCUT2D eigenvalue weighted by molar-refractivity contribution is 0.172. The number of carbonyl (C=O) groups excluding carboxylic acids is 1. The zero-order valence-corrected chi connectivity index (χ0v) is 11.5. The van der Waals surface area contributed by atoms with E-state index in [1.807, 2.05) is 26.8 Å². The Balaban J connectivity index is 2.61. The summed E-state index contributed by atoms with van der Waals surface area (Å²) >= 11 is 0. The number of amides is 1. The average molecular weight is 264 g/mol. The Morgan fingerprint density at radius 1 is 1.37 bits per heavy atom. The number of carbonyl (C=O) groups is 1. The van der Waals surface area contributed by atoms with Gasteiger partial charge < -0.3 is 9.72 Å². The van der Waals surface area contributed by atoms with Gasteiger partial charge in [-0.05, 0) is 32.9 Å². The Morgan fingerprint density at radius 3 is 2.63 bits per heavy atom. The Hall–Kier alpha value is -2.04. The normalized spacial score (nSPS) is 11.6. The van der Waals surface area contributed by atoms with Crippen molar-refractivity contribution < 1.29 is 13.9 Å². The molecule has 5 heteroatoms. The second kappa shape index (κ2) is 4.57. The highest BCUT2D eigenvalue weighted by molar-refractivity contribution is 5.93. The fourth-order valence-electron chi connectivity index (χ4n) is 2.06. The summed E-state index contributed by atoms with van der Waals surface area (Å²) in [5, 5.41) is 0.842.